The minimum Gasteiger partial charge on any atom is -0.480 e. The van der Waals surface area contributed by atoms with Gasteiger partial charge in [-0.3, -0.25) is 4.79 Å². The molecule has 1 aromatic carbocycles. The molecule has 2 rings (SSSR count). The Labute approximate surface area is 135 Å². The van der Waals surface area contributed by atoms with Crippen molar-refractivity contribution in [2.75, 3.05) is 13.2 Å². The Kier molecular flexibility index (Phi) is 5.72. The van der Waals surface area contributed by atoms with Gasteiger partial charge in [0, 0.05) is 13.0 Å². The first-order valence-electron chi connectivity index (χ1n) is 7.70. The molecular weight excluding hydrogens is 296 g/mol. The van der Waals surface area contributed by atoms with Gasteiger partial charge in [0.25, 0.3) is 5.91 Å². The monoisotopic (exact) mass is 316 g/mol. The number of carboxylic acid groups (broad SMARTS) is 1. The lowest BCUT2D eigenvalue weighted by Gasteiger charge is -2.36. The van der Waals surface area contributed by atoms with Crippen LogP contribution in [0.25, 0.3) is 0 Å². The summed E-state index contributed by atoms with van der Waals surface area (Å²) < 4.78 is 5.54. The zero-order valence-electron chi connectivity index (χ0n) is 13.1. The van der Waals surface area contributed by atoms with Crippen LogP contribution in [0, 0.1) is 11.3 Å². The summed E-state index contributed by atoms with van der Waals surface area (Å²) in [5, 5.41) is 18.1. The average molecular weight is 316 g/mol. The zero-order valence-corrected chi connectivity index (χ0v) is 13.1. The van der Waals surface area contributed by atoms with Gasteiger partial charge >= 0.3 is 5.97 Å². The highest BCUT2D eigenvalue weighted by Crippen LogP contribution is 2.18. The summed E-state index contributed by atoms with van der Waals surface area (Å²) in [5.41, 5.74) is 1.44. The lowest BCUT2D eigenvalue weighted by molar-refractivity contribution is -0.164. The van der Waals surface area contributed by atoms with Crippen molar-refractivity contribution in [3.8, 4) is 6.07 Å². The van der Waals surface area contributed by atoms with Crippen molar-refractivity contribution < 1.29 is 19.4 Å². The topological polar surface area (TPSA) is 90.6 Å². The molecule has 0 radical (unpaired) electrons. The van der Waals surface area contributed by atoms with Gasteiger partial charge in [0.15, 0.2) is 0 Å². The lowest BCUT2D eigenvalue weighted by Crippen LogP contribution is -2.55. The van der Waals surface area contributed by atoms with E-state index in [2.05, 4.69) is 0 Å². The highest BCUT2D eigenvalue weighted by atomic mass is 16.5. The molecule has 23 heavy (non-hydrogen) atoms. The fraction of sp³-hybridized carbons (Fsp3) is 0.471. The first kappa shape index (κ1) is 17.0. The van der Waals surface area contributed by atoms with Gasteiger partial charge in [-0.1, -0.05) is 25.5 Å². The predicted molar refractivity (Wildman–Crippen MR) is 82.6 cm³/mol. The average Bonchev–Trinajstić information content (AvgIpc) is 2.55. The van der Waals surface area contributed by atoms with E-state index in [1.165, 1.54) is 4.90 Å². The summed E-state index contributed by atoms with van der Waals surface area (Å²) in [5.74, 6) is -1.25. The maximum absolute atomic E-state index is 12.6. The van der Waals surface area contributed by atoms with Gasteiger partial charge in [-0.2, -0.15) is 5.26 Å². The zero-order chi connectivity index (χ0) is 16.8. The van der Waals surface area contributed by atoms with Crippen molar-refractivity contribution in [1.29, 1.82) is 5.26 Å². The van der Waals surface area contributed by atoms with Crippen molar-refractivity contribution >= 4 is 11.9 Å². The number of benzene rings is 1. The van der Waals surface area contributed by atoms with Crippen LogP contribution in [0.15, 0.2) is 24.3 Å². The molecule has 122 valence electrons. The van der Waals surface area contributed by atoms with E-state index in [0.29, 0.717) is 38.0 Å². The van der Waals surface area contributed by atoms with E-state index >= 15 is 0 Å². The maximum Gasteiger partial charge on any atom is 0.326 e. The molecule has 1 saturated heterocycles. The van der Waals surface area contributed by atoms with Crippen LogP contribution < -0.4 is 0 Å². The molecule has 1 fully saturated rings. The number of carbonyl (C=O) groups is 2. The third kappa shape index (κ3) is 4.08. The molecule has 0 bridgehead atoms. The number of rotatable bonds is 6. The van der Waals surface area contributed by atoms with Crippen molar-refractivity contribution in [2.45, 2.75) is 38.3 Å². The molecule has 6 nitrogen and oxygen atoms in total. The molecule has 0 aromatic heterocycles. The van der Waals surface area contributed by atoms with E-state index in [1.807, 2.05) is 13.0 Å². The molecule has 1 aromatic rings. The predicted octanol–water partition coefficient (Wildman–Crippen LogP) is 1.58. The molecule has 1 aliphatic rings. The highest BCUT2D eigenvalue weighted by molar-refractivity contribution is 5.87. The minimum atomic E-state index is -0.973. The maximum atomic E-state index is 12.6. The van der Waals surface area contributed by atoms with Gasteiger partial charge in [0.05, 0.1) is 18.2 Å². The van der Waals surface area contributed by atoms with Crippen LogP contribution in [-0.2, 0) is 20.7 Å². The first-order chi connectivity index (χ1) is 11.1. The minimum absolute atomic E-state index is 0.276. The Hall–Kier alpha value is -2.39. The second-order valence-electron chi connectivity index (χ2n) is 5.55. The van der Waals surface area contributed by atoms with Crippen LogP contribution in [0.1, 0.15) is 30.9 Å². The summed E-state index contributed by atoms with van der Waals surface area (Å²) in [6.07, 6.45) is 0.835. The number of hydrogen-bond acceptors (Lipinski definition) is 4. The molecule has 0 aliphatic carbocycles. The molecular formula is C17H20N2O4. The molecule has 2 atom stereocenters. The van der Waals surface area contributed by atoms with E-state index in [1.54, 1.807) is 24.3 Å². The van der Waals surface area contributed by atoms with Crippen molar-refractivity contribution in [1.82, 2.24) is 4.90 Å². The molecule has 2 unspecified atom stereocenters. The number of morpholine rings is 1. The van der Waals surface area contributed by atoms with Crippen molar-refractivity contribution in [2.24, 2.45) is 0 Å². The van der Waals surface area contributed by atoms with Gasteiger partial charge in [-0.05, 0) is 24.1 Å². The van der Waals surface area contributed by atoms with Crippen molar-refractivity contribution in [3.05, 3.63) is 35.4 Å². The summed E-state index contributed by atoms with van der Waals surface area (Å²) in [4.78, 5) is 25.4. The summed E-state index contributed by atoms with van der Waals surface area (Å²) in [6, 6.07) is 8.21. The Balaban J connectivity index is 2.09. The van der Waals surface area contributed by atoms with E-state index in [-0.39, 0.29) is 5.91 Å². The van der Waals surface area contributed by atoms with Crippen LogP contribution in [0.4, 0.5) is 0 Å². The van der Waals surface area contributed by atoms with Gasteiger partial charge < -0.3 is 14.7 Å². The van der Waals surface area contributed by atoms with E-state index < -0.39 is 18.1 Å². The van der Waals surface area contributed by atoms with Gasteiger partial charge in [0.1, 0.15) is 12.1 Å². The summed E-state index contributed by atoms with van der Waals surface area (Å²) >= 11 is 0. The van der Waals surface area contributed by atoms with Gasteiger partial charge in [-0.15, -0.1) is 0 Å². The van der Waals surface area contributed by atoms with Gasteiger partial charge in [-0.25, -0.2) is 4.79 Å². The lowest BCUT2D eigenvalue weighted by atomic mass is 10.0. The Bertz CT molecular complexity index is 606. The molecule has 6 heteroatoms. The Morgan fingerprint density at radius 2 is 2.17 bits per heavy atom. The number of hydrogen-bond donors (Lipinski definition) is 1. The quantitative estimate of drug-likeness (QED) is 0.860. The van der Waals surface area contributed by atoms with E-state index in [0.717, 1.165) is 5.56 Å². The molecule has 0 spiro atoms. The summed E-state index contributed by atoms with van der Waals surface area (Å²) in [7, 11) is 0. The highest BCUT2D eigenvalue weighted by Gasteiger charge is 2.36. The van der Waals surface area contributed by atoms with E-state index in [9.17, 15) is 14.7 Å². The third-order valence-corrected chi connectivity index (χ3v) is 3.94. The smallest absolute Gasteiger partial charge is 0.326 e. The largest absolute Gasteiger partial charge is 0.480 e. The molecule has 1 N–H and O–H groups in total. The fourth-order valence-electron chi connectivity index (χ4n) is 2.73. The second-order valence-corrected chi connectivity index (χ2v) is 5.55. The molecule has 1 amide bonds. The van der Waals surface area contributed by atoms with Crippen LogP contribution in [-0.4, -0.2) is 47.2 Å². The molecule has 0 saturated carbocycles. The normalized spacial score (nSPS) is 19.2. The molecule has 1 aliphatic heterocycles. The standard InChI is InChI=1S/C17H20N2O4/c1-2-3-14(17(21)22)19-8-9-23-15(16(19)20)10-12-4-6-13(11-18)7-5-12/h4-7,14-15H,2-3,8-10H2,1H3,(H,21,22). The number of aliphatic carboxylic acids is 1. The van der Waals surface area contributed by atoms with Gasteiger partial charge in [0.2, 0.25) is 0 Å². The number of ether oxygens (including phenoxy) is 1. The van der Waals surface area contributed by atoms with Crippen LogP contribution in [0.3, 0.4) is 0 Å². The Morgan fingerprint density at radius 1 is 1.48 bits per heavy atom. The first-order valence-corrected chi connectivity index (χ1v) is 7.70. The number of amides is 1. The van der Waals surface area contributed by atoms with E-state index in [4.69, 9.17) is 10.00 Å². The Morgan fingerprint density at radius 3 is 2.74 bits per heavy atom. The van der Waals surface area contributed by atoms with Crippen molar-refractivity contribution in [3.63, 3.8) is 0 Å². The number of nitrogens with zero attached hydrogens (tertiary/aromatic N) is 2. The molecule has 1 heterocycles. The second kappa shape index (κ2) is 7.75. The number of nitriles is 1. The summed E-state index contributed by atoms with van der Waals surface area (Å²) in [6.45, 7) is 2.54. The van der Waals surface area contributed by atoms with Crippen LogP contribution >= 0.6 is 0 Å². The van der Waals surface area contributed by atoms with Crippen LogP contribution in [0.2, 0.25) is 0 Å². The van der Waals surface area contributed by atoms with Crippen LogP contribution in [0.5, 0.6) is 0 Å². The third-order valence-electron chi connectivity index (χ3n) is 3.94. The fourth-order valence-corrected chi connectivity index (χ4v) is 2.73. The number of carboxylic acids is 1. The number of carbonyl (C=O) groups excluding carboxylic acids is 1. The SMILES string of the molecule is CCCC(C(=O)O)N1CCOC(Cc2ccc(C#N)cc2)C1=O.